The van der Waals surface area contributed by atoms with Crippen molar-refractivity contribution in [3.8, 4) is 5.75 Å². The van der Waals surface area contributed by atoms with Crippen LogP contribution in [0.25, 0.3) is 0 Å². The van der Waals surface area contributed by atoms with Gasteiger partial charge in [0.1, 0.15) is 17.3 Å². The van der Waals surface area contributed by atoms with E-state index < -0.39 is 0 Å². The third-order valence-electron chi connectivity index (χ3n) is 5.43. The highest BCUT2D eigenvalue weighted by molar-refractivity contribution is 6.39. The number of nitrogens with zero attached hydrogens (tertiary/aromatic N) is 1. The van der Waals surface area contributed by atoms with E-state index in [0.717, 1.165) is 29.9 Å². The predicted molar refractivity (Wildman–Crippen MR) is 118 cm³/mol. The number of hydrogen-bond donors (Lipinski definition) is 2. The lowest BCUT2D eigenvalue weighted by atomic mass is 9.95. The second-order valence-corrected chi connectivity index (χ2v) is 8.26. The number of carbonyl (C=O) groups excluding carboxylic acids is 1. The number of anilines is 1. The number of amides is 1. The summed E-state index contributed by atoms with van der Waals surface area (Å²) in [6.45, 7) is 0. The molecule has 1 aliphatic carbocycles. The fourth-order valence-corrected chi connectivity index (χ4v) is 4.40. The van der Waals surface area contributed by atoms with Gasteiger partial charge in [0, 0.05) is 24.2 Å². The number of rotatable bonds is 4. The van der Waals surface area contributed by atoms with Crippen molar-refractivity contribution in [2.75, 3.05) is 12.4 Å². The van der Waals surface area contributed by atoms with Crippen LogP contribution in [0.3, 0.4) is 0 Å². The first-order valence-corrected chi connectivity index (χ1v) is 10.6. The Labute approximate surface area is 180 Å². The lowest BCUT2D eigenvalue weighted by Gasteiger charge is -2.23. The Bertz CT molecular complexity index is 949. The van der Waals surface area contributed by atoms with Crippen LogP contribution in [0.2, 0.25) is 10.0 Å². The second-order valence-electron chi connectivity index (χ2n) is 7.45. The van der Waals surface area contributed by atoms with Crippen molar-refractivity contribution in [3.05, 3.63) is 51.5 Å². The Balaban J connectivity index is 1.58. The minimum Gasteiger partial charge on any atom is -0.496 e. The van der Waals surface area contributed by atoms with Crippen LogP contribution in [0.1, 0.15) is 48.0 Å². The summed E-state index contributed by atoms with van der Waals surface area (Å²) >= 11 is 12.5. The number of methoxy groups -OCH3 is 1. The van der Waals surface area contributed by atoms with Crippen molar-refractivity contribution < 1.29 is 9.53 Å². The zero-order valence-corrected chi connectivity index (χ0v) is 17.7. The molecule has 2 aromatic rings. The molecule has 0 radical (unpaired) electrons. The van der Waals surface area contributed by atoms with Crippen LogP contribution >= 0.6 is 23.2 Å². The number of nitrogens with one attached hydrogen (secondary N) is 2. The first-order chi connectivity index (χ1) is 14.0. The van der Waals surface area contributed by atoms with Crippen molar-refractivity contribution in [2.24, 2.45) is 4.99 Å². The standard InChI is InChI=1S/C22H23Cl2N3O2/c1-29-19-12-18-13(10-15(19)22(28)25-14-6-3-2-4-7-14)11-20(26-18)27-21-16(23)8-5-9-17(21)24/h5,8-10,12,14H,2-4,6-7,11H2,1H3,(H,25,28)(H,26,27). The Morgan fingerprint density at radius 2 is 1.90 bits per heavy atom. The molecule has 4 rings (SSSR count). The van der Waals surface area contributed by atoms with Crippen molar-refractivity contribution in [1.29, 1.82) is 0 Å². The highest BCUT2D eigenvalue weighted by Crippen LogP contribution is 2.36. The molecular formula is C22H23Cl2N3O2. The van der Waals surface area contributed by atoms with Crippen LogP contribution in [-0.2, 0) is 6.42 Å². The molecule has 0 aromatic heterocycles. The van der Waals surface area contributed by atoms with Crippen LogP contribution < -0.4 is 15.4 Å². The number of carbonyl (C=O) groups is 1. The second kappa shape index (κ2) is 8.64. The van der Waals surface area contributed by atoms with Crippen molar-refractivity contribution in [2.45, 2.75) is 44.6 Å². The molecule has 2 aliphatic rings. The van der Waals surface area contributed by atoms with Crippen molar-refractivity contribution >= 4 is 46.3 Å². The lowest BCUT2D eigenvalue weighted by Crippen LogP contribution is -2.36. The van der Waals surface area contributed by atoms with Crippen LogP contribution in [0.5, 0.6) is 5.75 Å². The third kappa shape index (κ3) is 4.36. The first-order valence-electron chi connectivity index (χ1n) is 9.85. The van der Waals surface area contributed by atoms with E-state index in [1.807, 2.05) is 12.1 Å². The Kier molecular flexibility index (Phi) is 5.97. The molecule has 1 aliphatic heterocycles. The van der Waals surface area contributed by atoms with E-state index in [1.54, 1.807) is 25.3 Å². The van der Waals surface area contributed by atoms with Crippen molar-refractivity contribution in [1.82, 2.24) is 5.32 Å². The number of hydrogen-bond acceptors (Lipinski definition) is 3. The number of para-hydroxylation sites is 1. The van der Waals surface area contributed by atoms with Crippen LogP contribution in [0.15, 0.2) is 35.3 Å². The van der Waals surface area contributed by atoms with Gasteiger partial charge in [0.05, 0.1) is 22.7 Å². The summed E-state index contributed by atoms with van der Waals surface area (Å²) in [6, 6.07) is 9.27. The fraction of sp³-hybridized carbons (Fsp3) is 0.364. The van der Waals surface area contributed by atoms with Crippen molar-refractivity contribution in [3.63, 3.8) is 0 Å². The van der Waals surface area contributed by atoms with Gasteiger partial charge >= 0.3 is 0 Å². The molecule has 0 atom stereocenters. The van der Waals surface area contributed by atoms with Gasteiger partial charge in [-0.15, -0.1) is 0 Å². The monoisotopic (exact) mass is 431 g/mol. The van der Waals surface area contributed by atoms with E-state index in [0.29, 0.717) is 33.5 Å². The van der Waals surface area contributed by atoms with Gasteiger partial charge in [-0.25, -0.2) is 4.99 Å². The average molecular weight is 432 g/mol. The molecule has 0 bridgehead atoms. The predicted octanol–water partition coefficient (Wildman–Crippen LogP) is 5.76. The number of fused-ring (bicyclic) bond motifs is 1. The zero-order chi connectivity index (χ0) is 20.4. The van der Waals surface area contributed by atoms with E-state index in [4.69, 9.17) is 27.9 Å². The van der Waals surface area contributed by atoms with Gasteiger partial charge in [-0.3, -0.25) is 4.79 Å². The summed E-state index contributed by atoms with van der Waals surface area (Å²) in [4.78, 5) is 17.5. The fourth-order valence-electron chi connectivity index (χ4n) is 3.92. The molecule has 0 spiro atoms. The topological polar surface area (TPSA) is 62.7 Å². The maximum atomic E-state index is 12.9. The molecule has 1 amide bonds. The Morgan fingerprint density at radius 1 is 1.17 bits per heavy atom. The summed E-state index contributed by atoms with van der Waals surface area (Å²) in [5.41, 5.74) is 2.95. The van der Waals surface area contributed by atoms with Gasteiger partial charge in [0.25, 0.3) is 5.91 Å². The minimum atomic E-state index is -0.0870. The summed E-state index contributed by atoms with van der Waals surface area (Å²) in [5, 5.41) is 7.43. The summed E-state index contributed by atoms with van der Waals surface area (Å²) in [5.74, 6) is 1.18. The van der Waals surface area contributed by atoms with Gasteiger partial charge in [0.2, 0.25) is 0 Å². The summed E-state index contributed by atoms with van der Waals surface area (Å²) in [6.07, 6.45) is 6.22. The minimum absolute atomic E-state index is 0.0870. The van der Waals surface area contributed by atoms with Gasteiger partial charge in [0.15, 0.2) is 0 Å². The lowest BCUT2D eigenvalue weighted by molar-refractivity contribution is 0.0924. The van der Waals surface area contributed by atoms with Gasteiger partial charge in [-0.05, 0) is 36.6 Å². The maximum absolute atomic E-state index is 12.9. The molecule has 0 unspecified atom stereocenters. The molecule has 1 fully saturated rings. The van der Waals surface area contributed by atoms with Crippen LogP contribution in [0, 0.1) is 0 Å². The van der Waals surface area contributed by atoms with E-state index >= 15 is 0 Å². The summed E-state index contributed by atoms with van der Waals surface area (Å²) < 4.78 is 5.49. The molecule has 5 nitrogen and oxygen atoms in total. The van der Waals surface area contributed by atoms with E-state index in [1.165, 1.54) is 19.3 Å². The maximum Gasteiger partial charge on any atom is 0.255 e. The number of benzene rings is 2. The number of halogens is 2. The molecule has 29 heavy (non-hydrogen) atoms. The quantitative estimate of drug-likeness (QED) is 0.646. The van der Waals surface area contributed by atoms with Crippen LogP contribution in [0.4, 0.5) is 11.4 Å². The van der Waals surface area contributed by atoms with E-state index in [2.05, 4.69) is 15.6 Å². The normalized spacial score (nSPS) is 17.7. The summed E-state index contributed by atoms with van der Waals surface area (Å²) in [7, 11) is 1.58. The number of aliphatic imine (C=N–C) groups is 1. The number of amidine groups is 1. The zero-order valence-electron chi connectivity index (χ0n) is 16.2. The molecule has 0 saturated heterocycles. The van der Waals surface area contributed by atoms with Gasteiger partial charge in [-0.2, -0.15) is 0 Å². The molecule has 152 valence electrons. The first kappa shape index (κ1) is 20.0. The molecule has 1 saturated carbocycles. The molecule has 7 heteroatoms. The third-order valence-corrected chi connectivity index (χ3v) is 6.04. The smallest absolute Gasteiger partial charge is 0.255 e. The van der Waals surface area contributed by atoms with E-state index in [-0.39, 0.29) is 11.9 Å². The van der Waals surface area contributed by atoms with E-state index in [9.17, 15) is 4.79 Å². The Hall–Kier alpha value is -2.24. The van der Waals surface area contributed by atoms with Crippen LogP contribution in [-0.4, -0.2) is 24.9 Å². The highest BCUT2D eigenvalue weighted by atomic mass is 35.5. The molecule has 2 N–H and O–H groups in total. The molecular weight excluding hydrogens is 409 g/mol. The SMILES string of the molecule is COc1cc2c(cc1C(=O)NC1CCCCC1)CC(=Nc1c(Cl)cccc1Cl)N2. The molecule has 1 heterocycles. The average Bonchev–Trinajstić information content (AvgIpc) is 3.12. The Morgan fingerprint density at radius 3 is 2.59 bits per heavy atom. The van der Waals surface area contributed by atoms with Gasteiger partial charge < -0.3 is 15.4 Å². The number of ether oxygens (including phenoxy) is 1. The van der Waals surface area contributed by atoms with Gasteiger partial charge in [-0.1, -0.05) is 48.5 Å². The largest absolute Gasteiger partial charge is 0.496 e. The highest BCUT2D eigenvalue weighted by Gasteiger charge is 2.24. The molecule has 2 aromatic carbocycles.